The number of rotatable bonds is 8. The Balaban J connectivity index is 0.000000169. The van der Waals surface area contributed by atoms with E-state index < -0.39 is 23.3 Å². The summed E-state index contributed by atoms with van der Waals surface area (Å²) in [6.45, 7) is 17.1. The highest BCUT2D eigenvalue weighted by Crippen LogP contribution is 2.34. The summed E-state index contributed by atoms with van der Waals surface area (Å²) >= 11 is 6.04. The molecule has 3 aliphatic heterocycles. The van der Waals surface area contributed by atoms with Gasteiger partial charge in [-0.05, 0) is 150 Å². The highest BCUT2D eigenvalue weighted by Gasteiger charge is 2.25. The van der Waals surface area contributed by atoms with Gasteiger partial charge in [-0.15, -0.1) is 6.58 Å². The van der Waals surface area contributed by atoms with Crippen LogP contribution in [0, 0.1) is 29.1 Å². The van der Waals surface area contributed by atoms with Crippen LogP contribution < -0.4 is 0 Å². The Hall–Kier alpha value is -2.78. The molecule has 0 saturated carbocycles. The fraction of sp³-hybridized carbons (Fsp3) is 0.512. The van der Waals surface area contributed by atoms with Gasteiger partial charge < -0.3 is 9.80 Å². The molecule has 0 atom stereocenters. The lowest BCUT2D eigenvalue weighted by Crippen LogP contribution is -2.33. The van der Waals surface area contributed by atoms with Gasteiger partial charge in [0.2, 0.25) is 0 Å². The maximum absolute atomic E-state index is 13.6. The number of halogens is 6. The minimum atomic E-state index is -0.740. The monoisotopic (exact) mass is 717 g/mol. The van der Waals surface area contributed by atoms with Crippen LogP contribution >= 0.6 is 11.6 Å². The van der Waals surface area contributed by atoms with Crippen LogP contribution in [-0.4, -0.2) is 73.6 Å². The van der Waals surface area contributed by atoms with Gasteiger partial charge in [0.25, 0.3) is 0 Å². The molecule has 3 heterocycles. The Morgan fingerprint density at radius 3 is 1.44 bits per heavy atom. The zero-order valence-corrected chi connectivity index (χ0v) is 30.4. The first kappa shape index (κ1) is 40.0. The molecule has 0 unspecified atom stereocenters. The lowest BCUT2D eigenvalue weighted by molar-refractivity contribution is 0.212. The van der Waals surface area contributed by atoms with Gasteiger partial charge in [0, 0.05) is 6.54 Å². The van der Waals surface area contributed by atoms with Crippen molar-refractivity contribution < 1.29 is 22.0 Å². The van der Waals surface area contributed by atoms with Crippen LogP contribution in [0.4, 0.5) is 22.0 Å². The van der Waals surface area contributed by atoms with Crippen molar-refractivity contribution >= 4 is 11.6 Å². The first-order valence-electron chi connectivity index (χ1n) is 18.3. The van der Waals surface area contributed by atoms with Crippen LogP contribution in [0.25, 0.3) is 0 Å². The number of hydrogen-bond acceptors (Lipinski definition) is 3. The molecule has 0 radical (unpaired) electrons. The highest BCUT2D eigenvalue weighted by molar-refractivity contribution is 6.31. The van der Waals surface area contributed by atoms with Crippen molar-refractivity contribution in [1.29, 1.82) is 0 Å². The van der Waals surface area contributed by atoms with Gasteiger partial charge in [0.1, 0.15) is 5.82 Å². The summed E-state index contributed by atoms with van der Waals surface area (Å²) in [5.41, 5.74) is 2.07. The maximum atomic E-state index is 13.6. The minimum absolute atomic E-state index is 0.145. The summed E-state index contributed by atoms with van der Waals surface area (Å²) in [6.07, 6.45) is 8.87. The smallest absolute Gasteiger partial charge is 0.162 e. The zero-order valence-electron chi connectivity index (χ0n) is 29.6. The van der Waals surface area contributed by atoms with Crippen LogP contribution in [0.3, 0.4) is 0 Å². The molecule has 3 nitrogen and oxygen atoms in total. The molecule has 3 aromatic carbocycles. The van der Waals surface area contributed by atoms with Crippen molar-refractivity contribution in [2.45, 2.75) is 76.5 Å². The molecule has 9 heteroatoms. The zero-order chi connectivity index (χ0) is 36.0. The number of nitrogens with zero attached hydrogens (tertiary/aromatic N) is 3. The Morgan fingerprint density at radius 2 is 1.00 bits per heavy atom. The summed E-state index contributed by atoms with van der Waals surface area (Å²) in [5, 5.41) is 0.321. The molecule has 3 saturated heterocycles. The van der Waals surface area contributed by atoms with Crippen molar-refractivity contribution in [3.63, 3.8) is 0 Å². The Kier molecular flexibility index (Phi) is 16.2. The van der Waals surface area contributed by atoms with Gasteiger partial charge in [0.15, 0.2) is 23.3 Å². The highest BCUT2D eigenvalue weighted by atomic mass is 35.5. The predicted molar refractivity (Wildman–Crippen MR) is 196 cm³/mol. The second-order valence-corrected chi connectivity index (χ2v) is 14.0. The summed E-state index contributed by atoms with van der Waals surface area (Å²) in [7, 11) is 0. The fourth-order valence-electron chi connectivity index (χ4n) is 7.46. The topological polar surface area (TPSA) is 9.72 Å². The van der Waals surface area contributed by atoms with E-state index in [0.717, 1.165) is 96.4 Å². The molecule has 50 heavy (non-hydrogen) atoms. The van der Waals surface area contributed by atoms with Crippen molar-refractivity contribution in [3.05, 3.63) is 118 Å². The largest absolute Gasteiger partial charge is 0.304 e. The van der Waals surface area contributed by atoms with E-state index in [1.54, 1.807) is 30.3 Å². The third-order valence-electron chi connectivity index (χ3n) is 10.4. The van der Waals surface area contributed by atoms with Crippen LogP contribution in [-0.2, 0) is 0 Å². The van der Waals surface area contributed by atoms with Crippen LogP contribution in [0.1, 0.15) is 93.2 Å². The van der Waals surface area contributed by atoms with Crippen molar-refractivity contribution in [2.75, 3.05) is 58.9 Å². The van der Waals surface area contributed by atoms with Gasteiger partial charge in [-0.3, -0.25) is 4.90 Å². The molecular weight excluding hydrogens is 665 g/mol. The van der Waals surface area contributed by atoms with E-state index >= 15 is 0 Å². The van der Waals surface area contributed by atoms with E-state index in [9.17, 15) is 22.0 Å². The third-order valence-corrected chi connectivity index (χ3v) is 10.8. The number of benzene rings is 3. The Morgan fingerprint density at radius 1 is 0.600 bits per heavy atom. The normalized spacial score (nSPS) is 18.6. The molecule has 0 aromatic heterocycles. The summed E-state index contributed by atoms with van der Waals surface area (Å²) in [4.78, 5) is 7.10. The van der Waals surface area contributed by atoms with Crippen molar-refractivity contribution in [2.24, 2.45) is 0 Å². The van der Waals surface area contributed by atoms with Gasteiger partial charge in [0.05, 0.1) is 5.02 Å². The third kappa shape index (κ3) is 11.1. The Bertz CT molecular complexity index is 1480. The molecule has 6 rings (SSSR count). The van der Waals surface area contributed by atoms with Crippen LogP contribution in [0.5, 0.6) is 0 Å². The van der Waals surface area contributed by atoms with Crippen LogP contribution in [0.15, 0.2) is 67.3 Å². The van der Waals surface area contributed by atoms with E-state index in [2.05, 4.69) is 35.1 Å². The molecule has 0 spiro atoms. The molecule has 0 N–H and O–H groups in total. The van der Waals surface area contributed by atoms with Gasteiger partial charge in [-0.1, -0.05) is 67.9 Å². The van der Waals surface area contributed by atoms with E-state index in [4.69, 9.17) is 11.6 Å². The molecule has 3 aliphatic rings. The lowest BCUT2D eigenvalue weighted by atomic mass is 9.89. The molecule has 0 aliphatic carbocycles. The standard InChI is InChI=1S/C14H19ClFN.C14H17F2N.C13H17F2N/c1-2-8-17-9-6-11(7-10-17)12-4-3-5-13(16)14(12)15;1-2-8-17-9-6-11(7-10-17)12-4-3-5-13(15)14(12)16;1-2-16-8-6-10(7-9-16)11-4-3-5-12(14)13(11)15/h3-5,11H,2,6-10H2,1H3;2-5,11H,1,6-10H2;3-5,10H,2,6-9H2,1H3. The number of hydrogen-bond donors (Lipinski definition) is 0. The molecular formula is C41H53ClF5N3. The lowest BCUT2D eigenvalue weighted by Gasteiger charge is -2.32. The van der Waals surface area contributed by atoms with E-state index in [1.165, 1.54) is 31.2 Å². The molecule has 3 aromatic rings. The summed E-state index contributed by atoms with van der Waals surface area (Å²) in [5.74, 6) is -2.34. The van der Waals surface area contributed by atoms with Crippen molar-refractivity contribution in [1.82, 2.24) is 14.7 Å². The van der Waals surface area contributed by atoms with Crippen molar-refractivity contribution in [3.8, 4) is 0 Å². The molecule has 3 fully saturated rings. The maximum Gasteiger partial charge on any atom is 0.162 e. The van der Waals surface area contributed by atoms with Crippen LogP contribution in [0.2, 0.25) is 5.02 Å². The fourth-order valence-corrected chi connectivity index (χ4v) is 7.74. The number of piperidine rings is 3. The van der Waals surface area contributed by atoms with Gasteiger partial charge in [-0.2, -0.15) is 0 Å². The molecule has 0 bridgehead atoms. The quantitative estimate of drug-likeness (QED) is 0.170. The van der Waals surface area contributed by atoms with E-state index in [-0.39, 0.29) is 17.7 Å². The second-order valence-electron chi connectivity index (χ2n) is 13.6. The van der Waals surface area contributed by atoms with Gasteiger partial charge in [-0.25, -0.2) is 22.0 Å². The molecule has 0 amide bonds. The SMILES string of the molecule is C=CCN1CCC(c2cccc(F)c2F)CC1.CCCN1CCC(c2cccc(F)c2Cl)CC1.CCN1CCC(c2cccc(F)c2F)CC1. The first-order chi connectivity index (χ1) is 24.2. The predicted octanol–water partition coefficient (Wildman–Crippen LogP) is 10.6. The Labute approximate surface area is 301 Å². The second kappa shape index (κ2) is 20.3. The van der Waals surface area contributed by atoms with Gasteiger partial charge >= 0.3 is 0 Å². The van der Waals surface area contributed by atoms with E-state index in [0.29, 0.717) is 22.1 Å². The average molecular weight is 718 g/mol. The summed E-state index contributed by atoms with van der Waals surface area (Å²) in [6, 6.07) is 14.1. The first-order valence-corrected chi connectivity index (χ1v) is 18.6. The number of likely N-dealkylation sites (tertiary alicyclic amines) is 3. The summed E-state index contributed by atoms with van der Waals surface area (Å²) < 4.78 is 66.8. The molecule has 274 valence electrons. The van der Waals surface area contributed by atoms with E-state index in [1.807, 2.05) is 12.1 Å². The average Bonchev–Trinajstić information content (AvgIpc) is 3.14. The minimum Gasteiger partial charge on any atom is -0.304 e.